The van der Waals surface area contributed by atoms with Gasteiger partial charge in [-0.25, -0.2) is 4.79 Å². The van der Waals surface area contributed by atoms with Gasteiger partial charge in [0.25, 0.3) is 0 Å². The van der Waals surface area contributed by atoms with Crippen molar-refractivity contribution in [2.24, 2.45) is 0 Å². The number of hydrogen-bond acceptors (Lipinski definition) is 3. The van der Waals surface area contributed by atoms with E-state index in [1.54, 1.807) is 6.07 Å². The largest absolute Gasteiger partial charge is 0.490 e. The lowest BCUT2D eigenvalue weighted by atomic mass is 10.2. The maximum Gasteiger partial charge on any atom is 0.335 e. The van der Waals surface area contributed by atoms with Crippen LogP contribution in [0.1, 0.15) is 30.6 Å². The summed E-state index contributed by atoms with van der Waals surface area (Å²) in [6.45, 7) is 4.92. The molecule has 94 valence electrons. The van der Waals surface area contributed by atoms with Gasteiger partial charge < -0.3 is 14.6 Å². The van der Waals surface area contributed by atoms with Crippen molar-refractivity contribution in [3.8, 4) is 11.5 Å². The Kier molecular flexibility index (Phi) is 5.54. The van der Waals surface area contributed by atoms with Crippen molar-refractivity contribution >= 4 is 28.6 Å². The van der Waals surface area contributed by atoms with Crippen molar-refractivity contribution in [1.29, 1.82) is 0 Å². The normalized spacial score (nSPS) is 10.1. The molecule has 0 aliphatic heterocycles. The van der Waals surface area contributed by atoms with Gasteiger partial charge in [-0.15, -0.1) is 0 Å². The van der Waals surface area contributed by atoms with E-state index in [0.29, 0.717) is 24.7 Å². The molecule has 0 spiro atoms. The first-order valence-corrected chi connectivity index (χ1v) is 6.50. The van der Waals surface area contributed by atoms with Gasteiger partial charge in [0.05, 0.1) is 22.3 Å². The lowest BCUT2D eigenvalue weighted by molar-refractivity contribution is 0.0696. The predicted octanol–water partition coefficient (Wildman–Crippen LogP) is 3.18. The Morgan fingerprint density at radius 3 is 2.59 bits per heavy atom. The summed E-state index contributed by atoms with van der Waals surface area (Å²) < 4.78 is 11.7. The van der Waals surface area contributed by atoms with E-state index >= 15 is 0 Å². The summed E-state index contributed by atoms with van der Waals surface area (Å²) in [6.07, 6.45) is 0.891. The minimum Gasteiger partial charge on any atom is -0.490 e. The number of carboxylic acids is 1. The van der Waals surface area contributed by atoms with E-state index in [2.05, 4.69) is 22.6 Å². The van der Waals surface area contributed by atoms with Gasteiger partial charge in [0.2, 0.25) is 0 Å². The minimum atomic E-state index is -0.967. The highest BCUT2D eigenvalue weighted by Gasteiger charge is 2.15. The number of rotatable bonds is 6. The summed E-state index contributed by atoms with van der Waals surface area (Å²) >= 11 is 2.06. The second-order valence-corrected chi connectivity index (χ2v) is 4.53. The Balaban J connectivity index is 3.12. The van der Waals surface area contributed by atoms with E-state index in [-0.39, 0.29) is 5.56 Å². The highest BCUT2D eigenvalue weighted by molar-refractivity contribution is 14.1. The van der Waals surface area contributed by atoms with Crippen molar-refractivity contribution < 1.29 is 19.4 Å². The van der Waals surface area contributed by atoms with E-state index < -0.39 is 5.97 Å². The number of carboxylic acid groups (broad SMARTS) is 1. The zero-order valence-electron chi connectivity index (χ0n) is 9.83. The molecule has 0 saturated carbocycles. The number of carbonyl (C=O) groups is 1. The third-order valence-corrected chi connectivity index (χ3v) is 2.81. The van der Waals surface area contributed by atoms with Crippen LogP contribution in [0.5, 0.6) is 11.5 Å². The Hall–Kier alpha value is -0.980. The van der Waals surface area contributed by atoms with Crippen LogP contribution in [0.4, 0.5) is 0 Å². The van der Waals surface area contributed by atoms with E-state index in [1.165, 1.54) is 6.07 Å². The molecule has 1 aromatic carbocycles. The fraction of sp³-hybridized carbons (Fsp3) is 0.417. The molecule has 0 aliphatic carbocycles. The molecular weight excluding hydrogens is 335 g/mol. The van der Waals surface area contributed by atoms with Crippen LogP contribution in [0.25, 0.3) is 0 Å². The molecule has 0 radical (unpaired) electrons. The van der Waals surface area contributed by atoms with Gasteiger partial charge in [0.15, 0.2) is 11.5 Å². The fourth-order valence-electron chi connectivity index (χ4n) is 1.30. The molecule has 0 fully saturated rings. The Bertz CT molecular complexity index is 404. The molecule has 0 saturated heterocycles. The lowest BCUT2D eigenvalue weighted by Crippen LogP contribution is -2.05. The molecule has 1 N–H and O–H groups in total. The molecule has 4 nitrogen and oxygen atoms in total. The summed E-state index contributed by atoms with van der Waals surface area (Å²) in [7, 11) is 0. The van der Waals surface area contributed by atoms with Gasteiger partial charge in [-0.3, -0.25) is 0 Å². The third-order valence-electron chi connectivity index (χ3n) is 2.01. The van der Waals surface area contributed by atoms with Crippen LogP contribution in [-0.2, 0) is 0 Å². The fourth-order valence-corrected chi connectivity index (χ4v) is 2.06. The highest BCUT2D eigenvalue weighted by Crippen LogP contribution is 2.34. The molecule has 0 heterocycles. The van der Waals surface area contributed by atoms with Crippen LogP contribution in [0.15, 0.2) is 12.1 Å². The first kappa shape index (κ1) is 14.1. The Labute approximate surface area is 114 Å². The molecule has 0 aliphatic rings. The monoisotopic (exact) mass is 350 g/mol. The van der Waals surface area contributed by atoms with Crippen LogP contribution in [-0.4, -0.2) is 24.3 Å². The first-order valence-electron chi connectivity index (χ1n) is 5.42. The predicted molar refractivity (Wildman–Crippen MR) is 73.1 cm³/mol. The summed E-state index contributed by atoms with van der Waals surface area (Å²) in [5.41, 5.74) is 0.210. The number of aromatic carboxylic acids is 1. The van der Waals surface area contributed by atoms with Crippen molar-refractivity contribution in [3.05, 3.63) is 21.3 Å². The van der Waals surface area contributed by atoms with Gasteiger partial charge in [-0.05, 0) is 48.1 Å². The van der Waals surface area contributed by atoms with Gasteiger partial charge in [0, 0.05) is 0 Å². The number of halogens is 1. The standard InChI is InChI=1S/C12H15IO4/c1-3-5-17-11-9(13)6-8(12(14)15)7-10(11)16-4-2/h6-7H,3-5H2,1-2H3,(H,14,15). The number of ether oxygens (including phenoxy) is 2. The first-order chi connectivity index (χ1) is 8.10. The van der Waals surface area contributed by atoms with Crippen LogP contribution in [0.2, 0.25) is 0 Å². The lowest BCUT2D eigenvalue weighted by Gasteiger charge is -2.14. The average molecular weight is 350 g/mol. The van der Waals surface area contributed by atoms with Gasteiger partial charge in [0.1, 0.15) is 0 Å². The second-order valence-electron chi connectivity index (χ2n) is 3.37. The van der Waals surface area contributed by atoms with E-state index in [1.807, 2.05) is 13.8 Å². The van der Waals surface area contributed by atoms with Crippen molar-refractivity contribution in [2.45, 2.75) is 20.3 Å². The Morgan fingerprint density at radius 1 is 1.35 bits per heavy atom. The average Bonchev–Trinajstić information content (AvgIpc) is 2.28. The quantitative estimate of drug-likeness (QED) is 0.801. The van der Waals surface area contributed by atoms with E-state index in [4.69, 9.17) is 14.6 Å². The summed E-state index contributed by atoms with van der Waals surface area (Å²) in [6, 6.07) is 3.08. The van der Waals surface area contributed by atoms with Crippen molar-refractivity contribution in [1.82, 2.24) is 0 Å². The summed E-state index contributed by atoms with van der Waals surface area (Å²) in [5, 5.41) is 8.97. The number of hydrogen-bond donors (Lipinski definition) is 1. The van der Waals surface area contributed by atoms with Gasteiger partial charge in [-0.1, -0.05) is 6.92 Å². The van der Waals surface area contributed by atoms with Crippen molar-refractivity contribution in [2.75, 3.05) is 13.2 Å². The zero-order valence-corrected chi connectivity index (χ0v) is 12.0. The highest BCUT2D eigenvalue weighted by atomic mass is 127. The van der Waals surface area contributed by atoms with Gasteiger partial charge in [-0.2, -0.15) is 0 Å². The van der Waals surface area contributed by atoms with Crippen molar-refractivity contribution in [3.63, 3.8) is 0 Å². The topological polar surface area (TPSA) is 55.8 Å². The molecule has 17 heavy (non-hydrogen) atoms. The molecule has 0 bridgehead atoms. The number of benzene rings is 1. The Morgan fingerprint density at radius 2 is 2.06 bits per heavy atom. The maximum atomic E-state index is 10.9. The van der Waals surface area contributed by atoms with E-state index in [9.17, 15) is 4.79 Å². The minimum absolute atomic E-state index is 0.210. The maximum absolute atomic E-state index is 10.9. The molecular formula is C12H15IO4. The van der Waals surface area contributed by atoms with E-state index in [0.717, 1.165) is 9.99 Å². The summed E-state index contributed by atoms with van der Waals surface area (Å²) in [4.78, 5) is 10.9. The second kappa shape index (κ2) is 6.68. The molecule has 0 amide bonds. The summed E-state index contributed by atoms with van der Waals surface area (Å²) in [5.74, 6) is 0.149. The molecule has 0 atom stereocenters. The molecule has 0 aromatic heterocycles. The van der Waals surface area contributed by atoms with Crippen LogP contribution >= 0.6 is 22.6 Å². The van der Waals surface area contributed by atoms with Crippen LogP contribution in [0.3, 0.4) is 0 Å². The molecule has 0 unspecified atom stereocenters. The third kappa shape index (κ3) is 3.76. The molecule has 5 heteroatoms. The van der Waals surface area contributed by atoms with Gasteiger partial charge >= 0.3 is 5.97 Å². The molecule has 1 rings (SSSR count). The molecule has 1 aromatic rings. The van der Waals surface area contributed by atoms with Crippen LogP contribution in [0, 0.1) is 3.57 Å². The zero-order chi connectivity index (χ0) is 12.8. The van der Waals surface area contributed by atoms with Crippen LogP contribution < -0.4 is 9.47 Å². The SMILES string of the molecule is CCCOc1c(I)cc(C(=O)O)cc1OCC. The smallest absolute Gasteiger partial charge is 0.335 e.